The fourth-order valence-corrected chi connectivity index (χ4v) is 3.24. The van der Waals surface area contributed by atoms with Crippen molar-refractivity contribution in [3.8, 4) is 0 Å². The summed E-state index contributed by atoms with van der Waals surface area (Å²) in [5.74, 6) is 1.78. The predicted octanol–water partition coefficient (Wildman–Crippen LogP) is 0.235. The molecule has 6 heteroatoms. The predicted molar refractivity (Wildman–Crippen MR) is 78.9 cm³/mol. The standard InChI is InChI=1S/C15H24N4O2/c1-17-7-8-21-13(11-17)15(20)18(2)9-12-3-4-14-16-5-6-19(14)10-12/h5-6,12-13H,3-4,7-11H2,1-2H3/t12-,13+/m1/s1. The number of morpholine rings is 1. The number of imidazole rings is 1. The van der Waals surface area contributed by atoms with Crippen molar-refractivity contribution in [2.45, 2.75) is 25.5 Å². The van der Waals surface area contributed by atoms with E-state index in [2.05, 4.69) is 14.5 Å². The maximum atomic E-state index is 12.5. The summed E-state index contributed by atoms with van der Waals surface area (Å²) >= 11 is 0. The van der Waals surface area contributed by atoms with Crippen LogP contribution in [0.4, 0.5) is 0 Å². The fraction of sp³-hybridized carbons (Fsp3) is 0.733. The minimum atomic E-state index is -0.304. The molecule has 0 saturated carbocycles. The van der Waals surface area contributed by atoms with Gasteiger partial charge in [-0.3, -0.25) is 4.79 Å². The Hall–Kier alpha value is -1.40. The van der Waals surface area contributed by atoms with Crippen LogP contribution in [0.3, 0.4) is 0 Å². The van der Waals surface area contributed by atoms with Gasteiger partial charge in [-0.1, -0.05) is 0 Å². The van der Waals surface area contributed by atoms with Crippen LogP contribution in [0.2, 0.25) is 0 Å². The number of amides is 1. The highest BCUT2D eigenvalue weighted by Gasteiger charge is 2.29. The number of aromatic nitrogens is 2. The zero-order valence-electron chi connectivity index (χ0n) is 12.9. The molecule has 0 aliphatic carbocycles. The lowest BCUT2D eigenvalue weighted by atomic mass is 9.98. The number of carbonyl (C=O) groups is 1. The first kappa shape index (κ1) is 14.5. The summed E-state index contributed by atoms with van der Waals surface area (Å²) < 4.78 is 7.82. The second kappa shape index (κ2) is 6.15. The summed E-state index contributed by atoms with van der Waals surface area (Å²) in [6.45, 7) is 3.99. The topological polar surface area (TPSA) is 50.6 Å². The highest BCUT2D eigenvalue weighted by molar-refractivity contribution is 5.81. The number of hydrogen-bond acceptors (Lipinski definition) is 4. The van der Waals surface area contributed by atoms with Gasteiger partial charge in [0.25, 0.3) is 5.91 Å². The van der Waals surface area contributed by atoms with E-state index in [-0.39, 0.29) is 12.0 Å². The Labute approximate surface area is 125 Å². The number of rotatable bonds is 3. The number of carbonyl (C=O) groups excluding carboxylic acids is 1. The summed E-state index contributed by atoms with van der Waals surface area (Å²) in [6, 6.07) is 0. The Bertz CT molecular complexity index is 502. The lowest BCUT2D eigenvalue weighted by molar-refractivity contribution is -0.148. The molecule has 1 aromatic rings. The van der Waals surface area contributed by atoms with E-state index < -0.39 is 0 Å². The molecular formula is C15H24N4O2. The molecule has 1 saturated heterocycles. The number of likely N-dealkylation sites (N-methyl/N-ethyl adjacent to an activating group) is 2. The maximum absolute atomic E-state index is 12.5. The van der Waals surface area contributed by atoms with Gasteiger partial charge in [0.1, 0.15) is 11.9 Å². The van der Waals surface area contributed by atoms with Crippen LogP contribution in [0.25, 0.3) is 0 Å². The minimum absolute atomic E-state index is 0.109. The van der Waals surface area contributed by atoms with Gasteiger partial charge >= 0.3 is 0 Å². The third-order valence-electron chi connectivity index (χ3n) is 4.49. The van der Waals surface area contributed by atoms with Gasteiger partial charge in [0, 0.05) is 52.0 Å². The molecule has 3 rings (SSSR count). The van der Waals surface area contributed by atoms with Crippen LogP contribution in [-0.4, -0.2) is 71.7 Å². The molecule has 1 fully saturated rings. The molecule has 0 spiro atoms. The molecule has 1 aromatic heterocycles. The molecule has 0 N–H and O–H groups in total. The van der Waals surface area contributed by atoms with Gasteiger partial charge in [-0.05, 0) is 19.4 Å². The Kier molecular flexibility index (Phi) is 4.26. The van der Waals surface area contributed by atoms with Crippen molar-refractivity contribution in [1.82, 2.24) is 19.4 Å². The molecule has 1 amide bonds. The van der Waals surface area contributed by atoms with Gasteiger partial charge in [-0.15, -0.1) is 0 Å². The number of fused-ring (bicyclic) bond motifs is 1. The molecule has 0 radical (unpaired) electrons. The molecule has 0 aromatic carbocycles. The van der Waals surface area contributed by atoms with Crippen molar-refractivity contribution in [2.75, 3.05) is 40.3 Å². The van der Waals surface area contributed by atoms with Crippen LogP contribution in [0.5, 0.6) is 0 Å². The normalized spacial score (nSPS) is 26.4. The average molecular weight is 292 g/mol. The highest BCUT2D eigenvalue weighted by atomic mass is 16.5. The lowest BCUT2D eigenvalue weighted by Gasteiger charge is -2.33. The Morgan fingerprint density at radius 2 is 2.38 bits per heavy atom. The first-order valence-electron chi connectivity index (χ1n) is 7.68. The van der Waals surface area contributed by atoms with Crippen LogP contribution >= 0.6 is 0 Å². The van der Waals surface area contributed by atoms with E-state index in [0.29, 0.717) is 19.1 Å². The van der Waals surface area contributed by atoms with E-state index in [0.717, 1.165) is 38.3 Å². The average Bonchev–Trinajstić information content (AvgIpc) is 2.94. The summed E-state index contributed by atoms with van der Waals surface area (Å²) in [5, 5.41) is 0. The van der Waals surface area contributed by atoms with Crippen molar-refractivity contribution < 1.29 is 9.53 Å². The monoisotopic (exact) mass is 292 g/mol. The van der Waals surface area contributed by atoms with Crippen molar-refractivity contribution >= 4 is 5.91 Å². The van der Waals surface area contributed by atoms with Gasteiger partial charge in [0.15, 0.2) is 0 Å². The molecule has 2 aliphatic heterocycles. The molecule has 3 heterocycles. The SMILES string of the molecule is CN1CCO[C@H](C(=O)N(C)C[C@H]2CCc3nccn3C2)C1. The van der Waals surface area contributed by atoms with Crippen molar-refractivity contribution in [3.63, 3.8) is 0 Å². The molecule has 2 aliphatic rings. The van der Waals surface area contributed by atoms with Crippen LogP contribution in [0.1, 0.15) is 12.2 Å². The summed E-state index contributed by atoms with van der Waals surface area (Å²) in [5.41, 5.74) is 0. The third-order valence-corrected chi connectivity index (χ3v) is 4.49. The van der Waals surface area contributed by atoms with Crippen LogP contribution in [0.15, 0.2) is 12.4 Å². The fourth-order valence-electron chi connectivity index (χ4n) is 3.24. The number of aryl methyl sites for hydroxylation is 1. The van der Waals surface area contributed by atoms with Crippen LogP contribution < -0.4 is 0 Å². The summed E-state index contributed by atoms with van der Waals surface area (Å²) in [6.07, 6.45) is 5.68. The number of nitrogens with zero attached hydrogens (tertiary/aromatic N) is 4. The van der Waals surface area contributed by atoms with Gasteiger partial charge in [0.05, 0.1) is 6.61 Å². The van der Waals surface area contributed by atoms with Gasteiger partial charge in [0.2, 0.25) is 0 Å². The van der Waals surface area contributed by atoms with Crippen molar-refractivity contribution in [3.05, 3.63) is 18.2 Å². The first-order chi connectivity index (χ1) is 10.1. The molecule has 6 nitrogen and oxygen atoms in total. The molecule has 21 heavy (non-hydrogen) atoms. The van der Waals surface area contributed by atoms with Gasteiger partial charge < -0.3 is 19.1 Å². The minimum Gasteiger partial charge on any atom is -0.366 e. The smallest absolute Gasteiger partial charge is 0.252 e. The highest BCUT2D eigenvalue weighted by Crippen LogP contribution is 2.20. The van der Waals surface area contributed by atoms with E-state index in [1.807, 2.05) is 31.4 Å². The van der Waals surface area contributed by atoms with Crippen LogP contribution in [-0.2, 0) is 22.5 Å². The van der Waals surface area contributed by atoms with E-state index in [1.165, 1.54) is 0 Å². The molecule has 116 valence electrons. The van der Waals surface area contributed by atoms with Gasteiger partial charge in [-0.25, -0.2) is 4.98 Å². The molecule has 2 atom stereocenters. The number of ether oxygens (including phenoxy) is 1. The largest absolute Gasteiger partial charge is 0.366 e. The van der Waals surface area contributed by atoms with E-state index in [4.69, 9.17) is 4.74 Å². The van der Waals surface area contributed by atoms with E-state index >= 15 is 0 Å². The van der Waals surface area contributed by atoms with E-state index in [9.17, 15) is 4.79 Å². The first-order valence-corrected chi connectivity index (χ1v) is 7.68. The Balaban J connectivity index is 1.54. The Morgan fingerprint density at radius 3 is 3.19 bits per heavy atom. The Morgan fingerprint density at radius 1 is 1.52 bits per heavy atom. The van der Waals surface area contributed by atoms with Crippen molar-refractivity contribution in [1.29, 1.82) is 0 Å². The zero-order valence-corrected chi connectivity index (χ0v) is 12.9. The van der Waals surface area contributed by atoms with E-state index in [1.54, 1.807) is 0 Å². The summed E-state index contributed by atoms with van der Waals surface area (Å²) in [4.78, 5) is 20.8. The quantitative estimate of drug-likeness (QED) is 0.800. The summed E-state index contributed by atoms with van der Waals surface area (Å²) in [7, 11) is 3.92. The second-order valence-electron chi connectivity index (χ2n) is 6.24. The lowest BCUT2D eigenvalue weighted by Crippen LogP contribution is -2.50. The van der Waals surface area contributed by atoms with Crippen molar-refractivity contribution in [2.24, 2.45) is 5.92 Å². The molecule has 0 unspecified atom stereocenters. The second-order valence-corrected chi connectivity index (χ2v) is 6.24. The number of hydrogen-bond donors (Lipinski definition) is 0. The zero-order chi connectivity index (χ0) is 14.8. The molecule has 0 bridgehead atoms. The molecular weight excluding hydrogens is 268 g/mol. The third kappa shape index (κ3) is 3.27. The van der Waals surface area contributed by atoms with Gasteiger partial charge in [-0.2, -0.15) is 0 Å². The maximum Gasteiger partial charge on any atom is 0.252 e. The van der Waals surface area contributed by atoms with Crippen LogP contribution in [0, 0.1) is 5.92 Å².